The summed E-state index contributed by atoms with van der Waals surface area (Å²) < 4.78 is 24.9. The van der Waals surface area contributed by atoms with Crippen LogP contribution >= 0.6 is 0 Å². The van der Waals surface area contributed by atoms with Crippen molar-refractivity contribution in [1.82, 2.24) is 10.2 Å². The molecule has 2 aromatic rings. The van der Waals surface area contributed by atoms with Crippen molar-refractivity contribution in [2.24, 2.45) is 5.16 Å². The van der Waals surface area contributed by atoms with Crippen molar-refractivity contribution in [2.45, 2.75) is 45.4 Å². The van der Waals surface area contributed by atoms with Crippen LogP contribution in [0.25, 0.3) is 0 Å². The molecule has 8 heteroatoms. The van der Waals surface area contributed by atoms with E-state index in [9.17, 15) is 9.18 Å². The number of carbonyl (C=O) groups excluding carboxylic acids is 1. The molecule has 172 valence electrons. The average molecular weight is 444 g/mol. The predicted octanol–water partition coefficient (Wildman–Crippen LogP) is 4.35. The Hall–Kier alpha value is -3.29. The number of benzene rings is 2. The van der Waals surface area contributed by atoms with E-state index in [2.05, 4.69) is 10.5 Å². The largest absolute Gasteiger partial charge is 0.493 e. The molecule has 0 spiro atoms. The zero-order chi connectivity index (χ0) is 23.3. The molecule has 1 atom stereocenters. The van der Waals surface area contributed by atoms with Gasteiger partial charge in [-0.05, 0) is 45.0 Å². The number of amides is 2. The monoisotopic (exact) mass is 443 g/mol. The number of nitrogens with one attached hydrogen (secondary N) is 1. The number of ether oxygens (including phenoxy) is 2. The third-order valence-corrected chi connectivity index (χ3v) is 4.96. The van der Waals surface area contributed by atoms with Crippen LogP contribution in [0.2, 0.25) is 0 Å². The highest BCUT2D eigenvalue weighted by Gasteiger charge is 2.29. The van der Waals surface area contributed by atoms with Gasteiger partial charge in [0.1, 0.15) is 5.82 Å². The van der Waals surface area contributed by atoms with Crippen LogP contribution in [0, 0.1) is 5.82 Å². The van der Waals surface area contributed by atoms with Crippen LogP contribution in [-0.4, -0.2) is 49.0 Å². The second-order valence-corrected chi connectivity index (χ2v) is 8.69. The minimum Gasteiger partial charge on any atom is -0.493 e. The summed E-state index contributed by atoms with van der Waals surface area (Å²) >= 11 is 0. The highest BCUT2D eigenvalue weighted by Crippen LogP contribution is 2.29. The van der Waals surface area contributed by atoms with Crippen LogP contribution in [-0.2, 0) is 11.4 Å². The topological polar surface area (TPSA) is 72.4 Å². The fourth-order valence-electron chi connectivity index (χ4n) is 3.41. The van der Waals surface area contributed by atoms with Crippen LogP contribution in [0.15, 0.2) is 47.6 Å². The lowest BCUT2D eigenvalue weighted by Gasteiger charge is -2.29. The second kappa shape index (κ2) is 9.89. The molecule has 1 N–H and O–H groups in total. The second-order valence-electron chi connectivity index (χ2n) is 8.69. The summed E-state index contributed by atoms with van der Waals surface area (Å²) in [5.74, 6) is 0.875. The van der Waals surface area contributed by atoms with Gasteiger partial charge >= 0.3 is 6.03 Å². The van der Waals surface area contributed by atoms with Gasteiger partial charge in [-0.2, -0.15) is 0 Å². The molecular weight excluding hydrogens is 413 g/mol. The fourth-order valence-corrected chi connectivity index (χ4v) is 3.41. The third kappa shape index (κ3) is 5.90. The van der Waals surface area contributed by atoms with Crippen LogP contribution in [0.1, 0.15) is 38.3 Å². The molecule has 2 amide bonds. The first-order chi connectivity index (χ1) is 15.2. The Labute approximate surface area is 188 Å². The normalized spacial score (nSPS) is 15.6. The molecule has 32 heavy (non-hydrogen) atoms. The van der Waals surface area contributed by atoms with Crippen molar-refractivity contribution < 1.29 is 23.5 Å². The minimum absolute atomic E-state index is 0.125. The van der Waals surface area contributed by atoms with Gasteiger partial charge in [0.25, 0.3) is 0 Å². The number of carbonyl (C=O) groups is 1. The maximum atomic E-state index is 14.2. The van der Waals surface area contributed by atoms with Crippen molar-refractivity contribution in [2.75, 3.05) is 20.8 Å². The van der Waals surface area contributed by atoms with E-state index in [1.165, 1.54) is 6.07 Å². The summed E-state index contributed by atoms with van der Waals surface area (Å²) in [5, 5.41) is 7.16. The zero-order valence-corrected chi connectivity index (χ0v) is 19.1. The van der Waals surface area contributed by atoms with E-state index in [0.29, 0.717) is 23.5 Å². The van der Waals surface area contributed by atoms with Crippen molar-refractivity contribution in [3.63, 3.8) is 0 Å². The number of methoxy groups -OCH3 is 2. The third-order valence-electron chi connectivity index (χ3n) is 4.96. The van der Waals surface area contributed by atoms with Gasteiger partial charge < -0.3 is 24.5 Å². The first-order valence-electron chi connectivity index (χ1n) is 10.5. The fraction of sp³-hybridized carbons (Fsp3) is 0.417. The first-order valence-corrected chi connectivity index (χ1v) is 10.5. The average Bonchev–Trinajstić information content (AvgIpc) is 3.21. The van der Waals surface area contributed by atoms with E-state index in [4.69, 9.17) is 14.3 Å². The quantitative estimate of drug-likeness (QED) is 0.691. The van der Waals surface area contributed by atoms with Crippen molar-refractivity contribution >= 4 is 11.7 Å². The molecule has 0 saturated heterocycles. The maximum absolute atomic E-state index is 14.2. The van der Waals surface area contributed by atoms with E-state index in [0.717, 1.165) is 11.3 Å². The summed E-state index contributed by atoms with van der Waals surface area (Å²) in [6, 6.07) is 11.7. The Bertz CT molecular complexity index is 987. The van der Waals surface area contributed by atoms with Crippen LogP contribution in [0.4, 0.5) is 9.18 Å². The zero-order valence-electron chi connectivity index (χ0n) is 19.1. The lowest BCUT2D eigenvalue weighted by atomic mass is 10.0. The Morgan fingerprint density at radius 3 is 2.56 bits per heavy atom. The molecule has 1 unspecified atom stereocenters. The number of oxime groups is 1. The molecule has 0 fully saturated rings. The lowest BCUT2D eigenvalue weighted by Crippen LogP contribution is -2.50. The molecule has 0 bridgehead atoms. The van der Waals surface area contributed by atoms with E-state index < -0.39 is 5.54 Å². The van der Waals surface area contributed by atoms with Gasteiger partial charge in [-0.1, -0.05) is 23.4 Å². The summed E-state index contributed by atoms with van der Waals surface area (Å²) in [6.07, 6.45) is 0.155. The van der Waals surface area contributed by atoms with E-state index in [1.54, 1.807) is 37.3 Å². The van der Waals surface area contributed by atoms with Gasteiger partial charge in [0, 0.05) is 23.1 Å². The Morgan fingerprint density at radius 2 is 1.91 bits per heavy atom. The van der Waals surface area contributed by atoms with Gasteiger partial charge in [-0.3, -0.25) is 0 Å². The Balaban J connectivity index is 1.73. The van der Waals surface area contributed by atoms with Crippen molar-refractivity contribution in [3.8, 4) is 11.5 Å². The number of rotatable bonds is 7. The number of hydrogen-bond donors (Lipinski definition) is 1. The molecule has 1 heterocycles. The molecule has 0 aromatic heterocycles. The smallest absolute Gasteiger partial charge is 0.318 e. The molecular formula is C24H30FN3O4. The van der Waals surface area contributed by atoms with Crippen molar-refractivity contribution in [1.29, 1.82) is 0 Å². The summed E-state index contributed by atoms with van der Waals surface area (Å²) in [6.45, 7) is 6.08. The molecule has 0 aliphatic carbocycles. The molecule has 7 nitrogen and oxygen atoms in total. The predicted molar refractivity (Wildman–Crippen MR) is 121 cm³/mol. The van der Waals surface area contributed by atoms with Crippen LogP contribution in [0.3, 0.4) is 0 Å². The van der Waals surface area contributed by atoms with Crippen molar-refractivity contribution in [3.05, 3.63) is 59.4 Å². The highest BCUT2D eigenvalue weighted by molar-refractivity contribution is 6.01. The van der Waals surface area contributed by atoms with Gasteiger partial charge in [-0.25, -0.2) is 9.18 Å². The lowest BCUT2D eigenvalue weighted by molar-refractivity contribution is 0.0578. The van der Waals surface area contributed by atoms with Crippen LogP contribution in [0.5, 0.6) is 11.5 Å². The summed E-state index contributed by atoms with van der Waals surface area (Å²) in [4.78, 5) is 20.1. The van der Waals surface area contributed by atoms with Crippen LogP contribution < -0.4 is 14.8 Å². The summed E-state index contributed by atoms with van der Waals surface area (Å²) in [7, 11) is 3.16. The Kier molecular flexibility index (Phi) is 7.22. The number of nitrogens with zero attached hydrogens (tertiary/aromatic N) is 2. The van der Waals surface area contributed by atoms with Gasteiger partial charge in [-0.15, -0.1) is 0 Å². The van der Waals surface area contributed by atoms with Gasteiger partial charge in [0.2, 0.25) is 0 Å². The first kappa shape index (κ1) is 23.4. The number of hydrogen-bond acceptors (Lipinski definition) is 5. The molecule has 1 aliphatic heterocycles. The van der Waals surface area contributed by atoms with E-state index in [-0.39, 0.29) is 31.0 Å². The minimum atomic E-state index is -0.428. The molecule has 2 aromatic carbocycles. The van der Waals surface area contributed by atoms with E-state index in [1.807, 2.05) is 39.0 Å². The highest BCUT2D eigenvalue weighted by atomic mass is 19.1. The maximum Gasteiger partial charge on any atom is 0.318 e. The van der Waals surface area contributed by atoms with E-state index >= 15 is 0 Å². The molecule has 3 rings (SSSR count). The summed E-state index contributed by atoms with van der Waals surface area (Å²) in [5.41, 5.74) is 1.61. The van der Waals surface area contributed by atoms with Gasteiger partial charge in [0.15, 0.2) is 17.6 Å². The standard InChI is InChI=1S/C24H30FN3O4/c1-24(2,3)26-23(29)28(14-17-8-6-7-9-19(17)25)15-18-13-20(27-32-18)16-10-11-21(30-4)22(12-16)31-5/h6-12,18H,13-15H2,1-5H3,(H,26,29). The van der Waals surface area contributed by atoms with Gasteiger partial charge in [0.05, 0.1) is 33.0 Å². The SMILES string of the molecule is COc1ccc(C2=NOC(CN(Cc3ccccc3F)C(=O)NC(C)(C)C)C2)cc1OC. The molecule has 0 saturated carbocycles. The molecule has 0 radical (unpaired) electrons. The number of halogens is 1. The molecule has 1 aliphatic rings. The number of urea groups is 1. The Morgan fingerprint density at radius 1 is 1.19 bits per heavy atom.